The molecule has 8 heteroatoms. The molecule has 0 saturated carbocycles. The lowest BCUT2D eigenvalue weighted by atomic mass is 9.94. The van der Waals surface area contributed by atoms with Gasteiger partial charge in [0.15, 0.2) is 0 Å². The first-order chi connectivity index (χ1) is 11.7. The van der Waals surface area contributed by atoms with Crippen molar-refractivity contribution >= 4 is 23.2 Å². The van der Waals surface area contributed by atoms with E-state index in [1.165, 1.54) is 17.8 Å². The standard InChI is InChI=1S/C16H22N6OS/c1-2-14-20-21-15(24-14)10-17-16(23)19-13-8-9-18-22(13)11-12-6-4-3-5-7-12/h3-4,8-9,12H,2,5-7,10-11H2,1H3,(H2,17,19,23). The topological polar surface area (TPSA) is 84.7 Å². The second-order valence-electron chi connectivity index (χ2n) is 5.80. The number of allylic oxidation sites excluding steroid dienone is 2. The lowest BCUT2D eigenvalue weighted by Crippen LogP contribution is -2.29. The molecule has 1 aliphatic rings. The Kier molecular flexibility index (Phi) is 5.58. The van der Waals surface area contributed by atoms with E-state index in [0.717, 1.165) is 35.8 Å². The maximum atomic E-state index is 12.1. The summed E-state index contributed by atoms with van der Waals surface area (Å²) in [4.78, 5) is 12.1. The van der Waals surface area contributed by atoms with Crippen LogP contribution >= 0.6 is 11.3 Å². The predicted octanol–water partition coefficient (Wildman–Crippen LogP) is 2.98. The highest BCUT2D eigenvalue weighted by Crippen LogP contribution is 2.21. The van der Waals surface area contributed by atoms with Crippen molar-refractivity contribution < 1.29 is 4.79 Å². The van der Waals surface area contributed by atoms with Crippen LogP contribution in [0.25, 0.3) is 0 Å². The van der Waals surface area contributed by atoms with Gasteiger partial charge in [0.2, 0.25) is 0 Å². The summed E-state index contributed by atoms with van der Waals surface area (Å²) in [6.45, 7) is 3.24. The molecule has 2 N–H and O–H groups in total. The minimum Gasteiger partial charge on any atom is -0.331 e. The average molecular weight is 346 g/mol. The molecule has 0 saturated heterocycles. The fourth-order valence-electron chi connectivity index (χ4n) is 2.67. The smallest absolute Gasteiger partial charge is 0.320 e. The molecule has 0 radical (unpaired) electrons. The second-order valence-corrected chi connectivity index (χ2v) is 6.95. The van der Waals surface area contributed by atoms with Crippen molar-refractivity contribution in [1.82, 2.24) is 25.3 Å². The minimum atomic E-state index is -0.256. The van der Waals surface area contributed by atoms with Gasteiger partial charge in [-0.05, 0) is 31.6 Å². The first kappa shape index (κ1) is 16.6. The molecule has 3 rings (SSSR count). The summed E-state index contributed by atoms with van der Waals surface area (Å²) >= 11 is 1.52. The normalized spacial score (nSPS) is 17.0. The number of aromatic nitrogens is 4. The van der Waals surface area contributed by atoms with E-state index in [-0.39, 0.29) is 6.03 Å². The average Bonchev–Trinajstić information content (AvgIpc) is 3.23. The molecular weight excluding hydrogens is 324 g/mol. The van der Waals surface area contributed by atoms with Crippen LogP contribution in [-0.4, -0.2) is 26.0 Å². The van der Waals surface area contributed by atoms with Gasteiger partial charge in [-0.2, -0.15) is 5.10 Å². The van der Waals surface area contributed by atoms with Crippen LogP contribution in [0.5, 0.6) is 0 Å². The summed E-state index contributed by atoms with van der Waals surface area (Å²) in [5, 5.41) is 19.9. The number of amides is 2. The van der Waals surface area contributed by atoms with E-state index < -0.39 is 0 Å². The van der Waals surface area contributed by atoms with Gasteiger partial charge in [0.25, 0.3) is 0 Å². The maximum absolute atomic E-state index is 12.1. The molecule has 0 spiro atoms. The number of hydrogen-bond donors (Lipinski definition) is 2. The molecule has 1 unspecified atom stereocenters. The van der Waals surface area contributed by atoms with Crippen LogP contribution in [0.2, 0.25) is 0 Å². The molecule has 128 valence electrons. The van der Waals surface area contributed by atoms with E-state index >= 15 is 0 Å². The van der Waals surface area contributed by atoms with Crippen LogP contribution in [0, 0.1) is 5.92 Å². The Morgan fingerprint density at radius 1 is 1.38 bits per heavy atom. The molecule has 2 amide bonds. The van der Waals surface area contributed by atoms with E-state index in [9.17, 15) is 4.79 Å². The second kappa shape index (κ2) is 8.05. The number of aryl methyl sites for hydroxylation is 1. The zero-order chi connectivity index (χ0) is 16.8. The molecule has 24 heavy (non-hydrogen) atoms. The van der Waals surface area contributed by atoms with Gasteiger partial charge in [0.05, 0.1) is 12.7 Å². The third-order valence-corrected chi connectivity index (χ3v) is 5.05. The van der Waals surface area contributed by atoms with Crippen LogP contribution in [0.1, 0.15) is 36.2 Å². The molecule has 7 nitrogen and oxygen atoms in total. The molecule has 0 fully saturated rings. The van der Waals surface area contributed by atoms with Gasteiger partial charge in [-0.15, -0.1) is 10.2 Å². The van der Waals surface area contributed by atoms with Crippen molar-refractivity contribution in [2.75, 3.05) is 5.32 Å². The number of hydrogen-bond acceptors (Lipinski definition) is 5. The summed E-state index contributed by atoms with van der Waals surface area (Å²) in [5.41, 5.74) is 0. The zero-order valence-corrected chi connectivity index (χ0v) is 14.6. The van der Waals surface area contributed by atoms with E-state index in [1.807, 2.05) is 17.7 Å². The summed E-state index contributed by atoms with van der Waals surface area (Å²) in [5.74, 6) is 1.29. The molecule has 2 aromatic rings. The van der Waals surface area contributed by atoms with Crippen LogP contribution < -0.4 is 10.6 Å². The minimum absolute atomic E-state index is 0.256. The van der Waals surface area contributed by atoms with Crippen LogP contribution in [0.3, 0.4) is 0 Å². The highest BCUT2D eigenvalue weighted by atomic mass is 32.1. The van der Waals surface area contributed by atoms with Gasteiger partial charge in [-0.1, -0.05) is 30.4 Å². The number of nitrogens with one attached hydrogen (secondary N) is 2. The van der Waals surface area contributed by atoms with Crippen molar-refractivity contribution in [3.63, 3.8) is 0 Å². The van der Waals surface area contributed by atoms with E-state index in [1.54, 1.807) is 6.20 Å². The molecule has 0 aromatic carbocycles. The fraction of sp³-hybridized carbons (Fsp3) is 0.500. The van der Waals surface area contributed by atoms with Gasteiger partial charge in [0.1, 0.15) is 15.8 Å². The molecule has 1 aliphatic carbocycles. The summed E-state index contributed by atoms with van der Waals surface area (Å²) in [6.07, 6.45) is 10.4. The fourth-order valence-corrected chi connectivity index (χ4v) is 3.39. The number of rotatable bonds is 6. The van der Waals surface area contributed by atoms with E-state index in [2.05, 4.69) is 38.1 Å². The van der Waals surface area contributed by atoms with Gasteiger partial charge >= 0.3 is 6.03 Å². The van der Waals surface area contributed by atoms with Crippen molar-refractivity contribution in [2.45, 2.75) is 45.7 Å². The third kappa shape index (κ3) is 4.41. The lowest BCUT2D eigenvalue weighted by molar-refractivity contribution is 0.251. The quantitative estimate of drug-likeness (QED) is 0.788. The third-order valence-electron chi connectivity index (χ3n) is 3.98. The monoisotopic (exact) mass is 346 g/mol. The molecule has 2 heterocycles. The number of nitrogens with zero attached hydrogens (tertiary/aromatic N) is 4. The highest BCUT2D eigenvalue weighted by Gasteiger charge is 2.14. The van der Waals surface area contributed by atoms with Crippen molar-refractivity contribution in [2.24, 2.45) is 5.92 Å². The Balaban J connectivity index is 1.51. The van der Waals surface area contributed by atoms with Crippen molar-refractivity contribution in [1.29, 1.82) is 0 Å². The number of anilines is 1. The molecule has 0 aliphatic heterocycles. The Bertz CT molecular complexity index is 707. The van der Waals surface area contributed by atoms with Gasteiger partial charge in [-0.25, -0.2) is 9.48 Å². The highest BCUT2D eigenvalue weighted by molar-refractivity contribution is 7.11. The zero-order valence-electron chi connectivity index (χ0n) is 13.7. The van der Waals surface area contributed by atoms with Crippen molar-refractivity contribution in [3.8, 4) is 0 Å². The first-order valence-corrected chi connectivity index (χ1v) is 9.09. The Hall–Kier alpha value is -2.22. The predicted molar refractivity (Wildman–Crippen MR) is 93.9 cm³/mol. The van der Waals surface area contributed by atoms with E-state index in [0.29, 0.717) is 18.3 Å². The lowest BCUT2D eigenvalue weighted by Gasteiger charge is -2.19. The van der Waals surface area contributed by atoms with Gasteiger partial charge in [0, 0.05) is 12.6 Å². The maximum Gasteiger partial charge on any atom is 0.320 e. The van der Waals surface area contributed by atoms with Crippen molar-refractivity contribution in [3.05, 3.63) is 34.4 Å². The molecular formula is C16H22N6OS. The molecule has 2 aromatic heterocycles. The Morgan fingerprint density at radius 2 is 2.25 bits per heavy atom. The number of carbonyl (C=O) groups is 1. The number of urea groups is 1. The molecule has 0 bridgehead atoms. The summed E-state index contributed by atoms with van der Waals surface area (Å²) in [7, 11) is 0. The Labute approximate surface area is 145 Å². The molecule has 1 atom stereocenters. The largest absolute Gasteiger partial charge is 0.331 e. The van der Waals surface area contributed by atoms with Crippen LogP contribution in [0.15, 0.2) is 24.4 Å². The Morgan fingerprint density at radius 3 is 3.00 bits per heavy atom. The first-order valence-electron chi connectivity index (χ1n) is 8.27. The summed E-state index contributed by atoms with van der Waals surface area (Å²) < 4.78 is 1.86. The number of carbonyl (C=O) groups excluding carboxylic acids is 1. The van der Waals surface area contributed by atoms with Crippen LogP contribution in [0.4, 0.5) is 10.6 Å². The SMILES string of the molecule is CCc1nnc(CNC(=O)Nc2ccnn2CC2CC=CCC2)s1. The van der Waals surface area contributed by atoms with Gasteiger partial charge < -0.3 is 5.32 Å². The summed E-state index contributed by atoms with van der Waals surface area (Å²) in [6, 6.07) is 1.56. The van der Waals surface area contributed by atoms with E-state index in [4.69, 9.17) is 0 Å². The van der Waals surface area contributed by atoms with Crippen LogP contribution in [-0.2, 0) is 19.5 Å². The van der Waals surface area contributed by atoms with Gasteiger partial charge in [-0.3, -0.25) is 5.32 Å².